The lowest BCUT2D eigenvalue weighted by molar-refractivity contribution is -0.145. The van der Waals surface area contributed by atoms with Crippen molar-refractivity contribution in [1.82, 2.24) is 15.5 Å². The van der Waals surface area contributed by atoms with Gasteiger partial charge in [0, 0.05) is 57.1 Å². The SMILES string of the molecule is CCOC1CC(NC(=NC)NCC2CC(=O)N(CCc3ccccc3)C2)C12CCCCC2. The van der Waals surface area contributed by atoms with Gasteiger partial charge in [0.15, 0.2) is 5.96 Å². The van der Waals surface area contributed by atoms with Crippen molar-refractivity contribution in [3.63, 3.8) is 0 Å². The summed E-state index contributed by atoms with van der Waals surface area (Å²) in [6.07, 6.45) is 9.43. The van der Waals surface area contributed by atoms with Gasteiger partial charge in [0.25, 0.3) is 0 Å². The predicted molar refractivity (Wildman–Crippen MR) is 129 cm³/mol. The molecule has 1 amide bonds. The van der Waals surface area contributed by atoms with Crippen molar-refractivity contribution in [2.24, 2.45) is 16.3 Å². The van der Waals surface area contributed by atoms with Crippen molar-refractivity contribution in [1.29, 1.82) is 0 Å². The molecule has 4 rings (SSSR count). The number of nitrogens with one attached hydrogen (secondary N) is 2. The zero-order valence-electron chi connectivity index (χ0n) is 19.8. The summed E-state index contributed by atoms with van der Waals surface area (Å²) < 4.78 is 6.09. The van der Waals surface area contributed by atoms with Crippen molar-refractivity contribution < 1.29 is 9.53 Å². The lowest BCUT2D eigenvalue weighted by Gasteiger charge is -2.58. The average Bonchev–Trinajstić information content (AvgIpc) is 3.19. The van der Waals surface area contributed by atoms with Gasteiger partial charge >= 0.3 is 0 Å². The minimum atomic E-state index is 0.267. The van der Waals surface area contributed by atoms with Gasteiger partial charge in [0.1, 0.15) is 0 Å². The molecular formula is C26H40N4O2. The van der Waals surface area contributed by atoms with Gasteiger partial charge in [-0.1, -0.05) is 49.6 Å². The first-order valence-electron chi connectivity index (χ1n) is 12.5. The second-order valence-corrected chi connectivity index (χ2v) is 9.77. The number of guanidine groups is 1. The van der Waals surface area contributed by atoms with Gasteiger partial charge in [-0.15, -0.1) is 0 Å². The van der Waals surface area contributed by atoms with Crippen LogP contribution >= 0.6 is 0 Å². The Bertz CT molecular complexity index is 775. The zero-order valence-corrected chi connectivity index (χ0v) is 19.8. The second-order valence-electron chi connectivity index (χ2n) is 9.77. The second kappa shape index (κ2) is 10.7. The van der Waals surface area contributed by atoms with E-state index >= 15 is 0 Å². The third-order valence-electron chi connectivity index (χ3n) is 7.84. The van der Waals surface area contributed by atoms with E-state index in [0.29, 0.717) is 24.5 Å². The molecule has 3 atom stereocenters. The lowest BCUT2D eigenvalue weighted by atomic mass is 9.55. The minimum Gasteiger partial charge on any atom is -0.378 e. The van der Waals surface area contributed by atoms with Crippen LogP contribution in [0.2, 0.25) is 0 Å². The van der Waals surface area contributed by atoms with Gasteiger partial charge in [-0.25, -0.2) is 0 Å². The number of benzene rings is 1. The summed E-state index contributed by atoms with van der Waals surface area (Å²) in [5.74, 6) is 1.47. The Hall–Kier alpha value is -2.08. The fourth-order valence-electron chi connectivity index (χ4n) is 5.98. The Kier molecular flexibility index (Phi) is 7.71. The molecule has 2 N–H and O–H groups in total. The maximum Gasteiger partial charge on any atom is 0.223 e. The highest BCUT2D eigenvalue weighted by molar-refractivity contribution is 5.81. The van der Waals surface area contributed by atoms with Crippen LogP contribution in [0, 0.1) is 11.3 Å². The summed E-state index contributed by atoms with van der Waals surface area (Å²) in [6.45, 7) is 5.30. The number of aliphatic imine (C=N–C) groups is 1. The topological polar surface area (TPSA) is 66.0 Å². The van der Waals surface area contributed by atoms with E-state index < -0.39 is 0 Å². The van der Waals surface area contributed by atoms with E-state index in [1.807, 2.05) is 18.0 Å². The van der Waals surface area contributed by atoms with E-state index in [1.54, 1.807) is 0 Å². The number of likely N-dealkylation sites (tertiary alicyclic amines) is 1. The van der Waals surface area contributed by atoms with E-state index in [-0.39, 0.29) is 11.3 Å². The molecule has 1 aromatic carbocycles. The van der Waals surface area contributed by atoms with Crippen molar-refractivity contribution in [2.75, 3.05) is 33.3 Å². The highest BCUT2D eigenvalue weighted by Crippen LogP contribution is 2.53. The maximum absolute atomic E-state index is 12.5. The van der Waals surface area contributed by atoms with Gasteiger partial charge in [-0.2, -0.15) is 0 Å². The first kappa shape index (κ1) is 23.1. The summed E-state index contributed by atoms with van der Waals surface area (Å²) >= 11 is 0. The molecule has 3 fully saturated rings. The monoisotopic (exact) mass is 440 g/mol. The van der Waals surface area contributed by atoms with E-state index in [0.717, 1.165) is 45.0 Å². The molecule has 3 aliphatic rings. The highest BCUT2D eigenvalue weighted by Gasteiger charge is 2.55. The van der Waals surface area contributed by atoms with Crippen LogP contribution in [0.3, 0.4) is 0 Å². The first-order valence-corrected chi connectivity index (χ1v) is 12.5. The third-order valence-corrected chi connectivity index (χ3v) is 7.84. The molecule has 32 heavy (non-hydrogen) atoms. The van der Waals surface area contributed by atoms with Crippen molar-refractivity contribution >= 4 is 11.9 Å². The number of amides is 1. The van der Waals surface area contributed by atoms with Gasteiger partial charge in [-0.3, -0.25) is 9.79 Å². The average molecular weight is 441 g/mol. The molecular weight excluding hydrogens is 400 g/mol. The molecule has 0 bridgehead atoms. The molecule has 1 spiro atoms. The quantitative estimate of drug-likeness (QED) is 0.481. The summed E-state index contributed by atoms with van der Waals surface area (Å²) in [6, 6.07) is 10.8. The van der Waals surface area contributed by atoms with Gasteiger partial charge < -0.3 is 20.3 Å². The molecule has 176 valence electrons. The molecule has 1 aromatic rings. The maximum atomic E-state index is 12.5. The normalized spacial score (nSPS) is 27.4. The standard InChI is InChI=1S/C26H40N4O2/c1-3-32-23-17-22(26(23)13-8-5-9-14-26)29-25(27-2)28-18-21-16-24(31)30(19-21)15-12-20-10-6-4-7-11-20/h4,6-7,10-11,21-23H,3,5,8-9,12-19H2,1-2H3,(H2,27,28,29). The summed E-state index contributed by atoms with van der Waals surface area (Å²) in [5.41, 5.74) is 1.55. The summed E-state index contributed by atoms with van der Waals surface area (Å²) in [4.78, 5) is 19.0. The number of hydrogen-bond donors (Lipinski definition) is 2. The molecule has 1 saturated heterocycles. The highest BCUT2D eigenvalue weighted by atomic mass is 16.5. The first-order chi connectivity index (χ1) is 15.6. The van der Waals surface area contributed by atoms with Crippen molar-refractivity contribution in [3.05, 3.63) is 35.9 Å². The van der Waals surface area contributed by atoms with E-state index in [4.69, 9.17) is 4.74 Å². The fraction of sp³-hybridized carbons (Fsp3) is 0.692. The van der Waals surface area contributed by atoms with Gasteiger partial charge in [0.2, 0.25) is 5.91 Å². The number of hydrogen-bond acceptors (Lipinski definition) is 3. The smallest absolute Gasteiger partial charge is 0.223 e. The van der Waals surface area contributed by atoms with Gasteiger partial charge in [-0.05, 0) is 38.2 Å². The van der Waals surface area contributed by atoms with Crippen LogP contribution in [0.15, 0.2) is 35.3 Å². The number of rotatable bonds is 8. The molecule has 6 nitrogen and oxygen atoms in total. The van der Waals surface area contributed by atoms with Crippen LogP contribution in [-0.2, 0) is 16.0 Å². The molecule has 2 saturated carbocycles. The molecule has 0 radical (unpaired) electrons. The Morgan fingerprint density at radius 1 is 1.22 bits per heavy atom. The van der Waals surface area contributed by atoms with Crippen molar-refractivity contribution in [3.8, 4) is 0 Å². The largest absolute Gasteiger partial charge is 0.378 e. The number of ether oxygens (including phenoxy) is 1. The predicted octanol–water partition coefficient (Wildman–Crippen LogP) is 3.37. The molecule has 1 heterocycles. The van der Waals surface area contributed by atoms with E-state index in [2.05, 4.69) is 46.8 Å². The number of carbonyl (C=O) groups excluding carboxylic acids is 1. The third kappa shape index (κ3) is 5.11. The summed E-state index contributed by atoms with van der Waals surface area (Å²) in [5, 5.41) is 7.22. The Balaban J connectivity index is 1.24. The van der Waals surface area contributed by atoms with E-state index in [9.17, 15) is 4.79 Å². The molecule has 6 heteroatoms. The number of nitrogens with zero attached hydrogens (tertiary/aromatic N) is 2. The van der Waals surface area contributed by atoms with Crippen LogP contribution in [0.25, 0.3) is 0 Å². The zero-order chi connectivity index (χ0) is 22.4. The molecule has 1 aliphatic heterocycles. The van der Waals surface area contributed by atoms with Crippen LogP contribution in [-0.4, -0.2) is 62.2 Å². The fourth-order valence-corrected chi connectivity index (χ4v) is 5.98. The van der Waals surface area contributed by atoms with Crippen LogP contribution in [0.1, 0.15) is 57.4 Å². The number of carbonyl (C=O) groups is 1. The Labute approximate surface area is 193 Å². The lowest BCUT2D eigenvalue weighted by Crippen LogP contribution is -2.66. The van der Waals surface area contributed by atoms with Crippen LogP contribution < -0.4 is 10.6 Å². The van der Waals surface area contributed by atoms with Crippen LogP contribution in [0.5, 0.6) is 0 Å². The summed E-state index contributed by atoms with van der Waals surface area (Å²) in [7, 11) is 1.84. The molecule has 0 aromatic heterocycles. The Morgan fingerprint density at radius 3 is 2.72 bits per heavy atom. The van der Waals surface area contributed by atoms with Gasteiger partial charge in [0.05, 0.1) is 6.10 Å². The van der Waals surface area contributed by atoms with E-state index in [1.165, 1.54) is 37.7 Å². The Morgan fingerprint density at radius 2 is 2.00 bits per heavy atom. The molecule has 3 unspecified atom stereocenters. The molecule has 2 aliphatic carbocycles. The minimum absolute atomic E-state index is 0.267. The van der Waals surface area contributed by atoms with Crippen molar-refractivity contribution in [2.45, 2.75) is 70.4 Å². The van der Waals surface area contributed by atoms with Crippen LogP contribution in [0.4, 0.5) is 0 Å².